The third-order valence-corrected chi connectivity index (χ3v) is 2.23. The summed E-state index contributed by atoms with van der Waals surface area (Å²) in [6.45, 7) is 0. The molecule has 1 aliphatic carbocycles. The first-order chi connectivity index (χ1) is 6.33. The minimum absolute atomic E-state index is 0.124. The highest BCUT2D eigenvalue weighted by atomic mass is 16.1. The van der Waals surface area contributed by atoms with Crippen molar-refractivity contribution in [2.45, 2.75) is 32.1 Å². The number of rotatable bonds is 3. The van der Waals surface area contributed by atoms with Gasteiger partial charge in [-0.05, 0) is 25.7 Å². The SMILES string of the molecule is CNC(=O)CCC1=CCCCC=C1. The Morgan fingerprint density at radius 3 is 3.15 bits per heavy atom. The largest absolute Gasteiger partial charge is 0.359 e. The number of carbonyl (C=O) groups is 1. The molecule has 0 aliphatic heterocycles. The van der Waals surface area contributed by atoms with Crippen molar-refractivity contribution >= 4 is 5.91 Å². The Morgan fingerprint density at radius 2 is 2.38 bits per heavy atom. The molecule has 0 aromatic rings. The smallest absolute Gasteiger partial charge is 0.220 e. The average molecular weight is 179 g/mol. The molecule has 2 heteroatoms. The average Bonchev–Trinajstić information content (AvgIpc) is 2.42. The minimum Gasteiger partial charge on any atom is -0.359 e. The number of hydrogen-bond acceptors (Lipinski definition) is 1. The monoisotopic (exact) mass is 179 g/mol. The van der Waals surface area contributed by atoms with Gasteiger partial charge in [0.05, 0.1) is 0 Å². The van der Waals surface area contributed by atoms with Crippen LogP contribution in [-0.2, 0) is 4.79 Å². The lowest BCUT2D eigenvalue weighted by atomic mass is 10.1. The molecule has 13 heavy (non-hydrogen) atoms. The topological polar surface area (TPSA) is 29.1 Å². The minimum atomic E-state index is 0.124. The van der Waals surface area contributed by atoms with Crippen LogP contribution in [0.3, 0.4) is 0 Å². The van der Waals surface area contributed by atoms with Gasteiger partial charge in [0.1, 0.15) is 0 Å². The second-order valence-corrected chi connectivity index (χ2v) is 3.29. The number of amides is 1. The van der Waals surface area contributed by atoms with Gasteiger partial charge < -0.3 is 5.32 Å². The van der Waals surface area contributed by atoms with E-state index in [0.29, 0.717) is 6.42 Å². The van der Waals surface area contributed by atoms with Crippen LogP contribution in [0, 0.1) is 0 Å². The first-order valence-electron chi connectivity index (χ1n) is 4.89. The normalized spacial score (nSPS) is 16.2. The molecular weight excluding hydrogens is 162 g/mol. The molecule has 1 aliphatic rings. The number of nitrogens with one attached hydrogen (secondary N) is 1. The molecule has 0 radical (unpaired) electrons. The number of carbonyl (C=O) groups excluding carboxylic acids is 1. The van der Waals surface area contributed by atoms with Crippen LogP contribution in [-0.4, -0.2) is 13.0 Å². The molecule has 0 atom stereocenters. The molecule has 0 aromatic heterocycles. The Labute approximate surface area is 79.7 Å². The van der Waals surface area contributed by atoms with E-state index >= 15 is 0 Å². The molecule has 0 aromatic carbocycles. The Balaban J connectivity index is 2.34. The van der Waals surface area contributed by atoms with Crippen molar-refractivity contribution in [3.8, 4) is 0 Å². The molecule has 0 spiro atoms. The predicted molar refractivity (Wildman–Crippen MR) is 54.4 cm³/mol. The Kier molecular flexibility index (Phi) is 4.30. The van der Waals surface area contributed by atoms with Crippen molar-refractivity contribution in [2.75, 3.05) is 7.05 Å². The van der Waals surface area contributed by atoms with Crippen LogP contribution in [0.2, 0.25) is 0 Å². The summed E-state index contributed by atoms with van der Waals surface area (Å²) in [5.74, 6) is 0.124. The zero-order chi connectivity index (χ0) is 9.52. The van der Waals surface area contributed by atoms with E-state index in [0.717, 1.165) is 12.8 Å². The fourth-order valence-electron chi connectivity index (χ4n) is 1.39. The standard InChI is InChI=1S/C11H17NO/c1-12-11(13)9-8-10-6-4-2-3-5-7-10/h4,6-7H,2-3,5,8-9H2,1H3,(H,12,13). The molecule has 0 heterocycles. The van der Waals surface area contributed by atoms with Gasteiger partial charge in [0.2, 0.25) is 5.91 Å². The summed E-state index contributed by atoms with van der Waals surface area (Å²) in [6, 6.07) is 0. The van der Waals surface area contributed by atoms with Crippen molar-refractivity contribution in [1.82, 2.24) is 5.32 Å². The van der Waals surface area contributed by atoms with Gasteiger partial charge in [-0.2, -0.15) is 0 Å². The maximum Gasteiger partial charge on any atom is 0.220 e. The van der Waals surface area contributed by atoms with E-state index < -0.39 is 0 Å². The van der Waals surface area contributed by atoms with Crippen LogP contribution >= 0.6 is 0 Å². The van der Waals surface area contributed by atoms with Gasteiger partial charge in [-0.15, -0.1) is 0 Å². The van der Waals surface area contributed by atoms with Crippen LogP contribution in [0.25, 0.3) is 0 Å². The lowest BCUT2D eigenvalue weighted by molar-refractivity contribution is -0.120. The molecule has 1 amide bonds. The summed E-state index contributed by atoms with van der Waals surface area (Å²) < 4.78 is 0. The maximum atomic E-state index is 11.0. The Morgan fingerprint density at radius 1 is 1.54 bits per heavy atom. The first kappa shape index (κ1) is 10.0. The summed E-state index contributed by atoms with van der Waals surface area (Å²) in [6.07, 6.45) is 11.6. The summed E-state index contributed by atoms with van der Waals surface area (Å²) >= 11 is 0. The highest BCUT2D eigenvalue weighted by molar-refractivity contribution is 5.75. The second kappa shape index (κ2) is 5.57. The summed E-state index contributed by atoms with van der Waals surface area (Å²) in [5.41, 5.74) is 1.31. The van der Waals surface area contributed by atoms with Gasteiger partial charge in [0.15, 0.2) is 0 Å². The van der Waals surface area contributed by atoms with Crippen LogP contribution in [0.15, 0.2) is 23.8 Å². The van der Waals surface area contributed by atoms with Crippen molar-refractivity contribution in [2.24, 2.45) is 0 Å². The molecule has 0 unspecified atom stereocenters. The van der Waals surface area contributed by atoms with E-state index in [9.17, 15) is 4.79 Å². The number of allylic oxidation sites excluding steroid dienone is 4. The quantitative estimate of drug-likeness (QED) is 0.707. The first-order valence-corrected chi connectivity index (χ1v) is 4.89. The fraction of sp³-hybridized carbons (Fsp3) is 0.545. The lowest BCUT2D eigenvalue weighted by Gasteiger charge is -2.00. The third-order valence-electron chi connectivity index (χ3n) is 2.23. The van der Waals surface area contributed by atoms with E-state index in [1.165, 1.54) is 18.4 Å². The highest BCUT2D eigenvalue weighted by Gasteiger charge is 2.01. The Hall–Kier alpha value is -1.05. The van der Waals surface area contributed by atoms with Gasteiger partial charge in [0, 0.05) is 13.5 Å². The second-order valence-electron chi connectivity index (χ2n) is 3.29. The van der Waals surface area contributed by atoms with Gasteiger partial charge in [-0.25, -0.2) is 0 Å². The summed E-state index contributed by atoms with van der Waals surface area (Å²) in [5, 5.41) is 2.63. The molecule has 2 nitrogen and oxygen atoms in total. The van der Waals surface area contributed by atoms with Crippen molar-refractivity contribution in [3.05, 3.63) is 23.8 Å². The van der Waals surface area contributed by atoms with Crippen LogP contribution in [0.4, 0.5) is 0 Å². The maximum absolute atomic E-state index is 11.0. The molecule has 72 valence electrons. The molecule has 0 saturated carbocycles. The zero-order valence-electron chi connectivity index (χ0n) is 8.18. The predicted octanol–water partition coefficient (Wildman–Crippen LogP) is 2.18. The molecule has 1 N–H and O–H groups in total. The van der Waals surface area contributed by atoms with Crippen LogP contribution in [0.5, 0.6) is 0 Å². The van der Waals surface area contributed by atoms with Gasteiger partial charge in [-0.3, -0.25) is 4.79 Å². The zero-order valence-corrected chi connectivity index (χ0v) is 8.18. The van der Waals surface area contributed by atoms with E-state index in [-0.39, 0.29) is 5.91 Å². The fourth-order valence-corrected chi connectivity index (χ4v) is 1.39. The molecule has 1 rings (SSSR count). The Bertz CT molecular complexity index is 228. The van der Waals surface area contributed by atoms with E-state index in [1.54, 1.807) is 7.05 Å². The van der Waals surface area contributed by atoms with Crippen molar-refractivity contribution < 1.29 is 4.79 Å². The molecule has 0 fully saturated rings. The van der Waals surface area contributed by atoms with Crippen molar-refractivity contribution in [3.63, 3.8) is 0 Å². The molecular formula is C11H17NO. The molecule has 0 saturated heterocycles. The van der Waals surface area contributed by atoms with Gasteiger partial charge in [0.25, 0.3) is 0 Å². The van der Waals surface area contributed by atoms with E-state index in [2.05, 4.69) is 23.5 Å². The lowest BCUT2D eigenvalue weighted by Crippen LogP contribution is -2.17. The van der Waals surface area contributed by atoms with Crippen LogP contribution < -0.4 is 5.32 Å². The third kappa shape index (κ3) is 3.92. The highest BCUT2D eigenvalue weighted by Crippen LogP contribution is 2.14. The number of hydrogen-bond donors (Lipinski definition) is 1. The van der Waals surface area contributed by atoms with Crippen molar-refractivity contribution in [1.29, 1.82) is 0 Å². The van der Waals surface area contributed by atoms with E-state index in [1.807, 2.05) is 0 Å². The molecule has 0 bridgehead atoms. The summed E-state index contributed by atoms with van der Waals surface area (Å²) in [4.78, 5) is 11.0. The summed E-state index contributed by atoms with van der Waals surface area (Å²) in [7, 11) is 1.68. The van der Waals surface area contributed by atoms with E-state index in [4.69, 9.17) is 0 Å². The van der Waals surface area contributed by atoms with Gasteiger partial charge in [-0.1, -0.05) is 23.8 Å². The van der Waals surface area contributed by atoms with Gasteiger partial charge >= 0.3 is 0 Å². The van der Waals surface area contributed by atoms with Crippen LogP contribution in [0.1, 0.15) is 32.1 Å².